The van der Waals surface area contributed by atoms with Crippen molar-refractivity contribution in [1.29, 1.82) is 0 Å². The molecule has 2 aromatic carbocycles. The van der Waals surface area contributed by atoms with E-state index in [0.29, 0.717) is 22.9 Å². The first-order valence-corrected chi connectivity index (χ1v) is 10.5. The zero-order valence-electron chi connectivity index (χ0n) is 19.2. The van der Waals surface area contributed by atoms with Crippen LogP contribution in [0.25, 0.3) is 22.4 Å². The van der Waals surface area contributed by atoms with Crippen molar-refractivity contribution in [1.82, 2.24) is 14.5 Å². The van der Waals surface area contributed by atoms with Gasteiger partial charge in [-0.1, -0.05) is 24.8 Å². The van der Waals surface area contributed by atoms with E-state index in [0.717, 1.165) is 28.1 Å². The van der Waals surface area contributed by atoms with E-state index in [1.54, 1.807) is 19.4 Å². The minimum absolute atomic E-state index is 0.245. The number of benzene rings is 2. The maximum absolute atomic E-state index is 11.6. The highest BCUT2D eigenvalue weighted by Gasteiger charge is 2.18. The van der Waals surface area contributed by atoms with Crippen LogP contribution in [-0.2, 0) is 11.8 Å². The molecule has 0 fully saturated rings. The SMILES string of the molecule is C=CC(=O)Nc1ccc(-c2c(-c3ccc(Oc4nccc(C)n4)c(OC)c3)c(N)cn2C)cc1. The van der Waals surface area contributed by atoms with Crippen molar-refractivity contribution in [3.8, 4) is 39.9 Å². The Balaban J connectivity index is 1.71. The number of carbonyl (C=O) groups is 1. The van der Waals surface area contributed by atoms with Crippen molar-refractivity contribution in [3.05, 3.63) is 79.3 Å². The molecule has 1 amide bonds. The van der Waals surface area contributed by atoms with Crippen LogP contribution in [0.2, 0.25) is 0 Å². The fourth-order valence-corrected chi connectivity index (χ4v) is 3.69. The first-order chi connectivity index (χ1) is 16.4. The minimum Gasteiger partial charge on any atom is -0.493 e. The Kier molecular flexibility index (Phi) is 6.31. The molecule has 172 valence electrons. The molecule has 4 aromatic rings. The van der Waals surface area contributed by atoms with Gasteiger partial charge in [0.2, 0.25) is 5.91 Å². The molecule has 0 bridgehead atoms. The second-order valence-electron chi connectivity index (χ2n) is 7.64. The Labute approximate surface area is 197 Å². The maximum Gasteiger partial charge on any atom is 0.322 e. The predicted octanol–water partition coefficient (Wildman–Crippen LogP) is 4.97. The largest absolute Gasteiger partial charge is 0.493 e. The number of nitrogen functional groups attached to an aromatic ring is 1. The normalized spacial score (nSPS) is 10.6. The molecule has 0 atom stereocenters. The lowest BCUT2D eigenvalue weighted by Gasteiger charge is -2.13. The van der Waals surface area contributed by atoms with Crippen LogP contribution in [0.15, 0.2) is 73.6 Å². The molecular formula is C26H25N5O3. The van der Waals surface area contributed by atoms with Crippen molar-refractivity contribution < 1.29 is 14.3 Å². The summed E-state index contributed by atoms with van der Waals surface area (Å²) in [5.74, 6) is 0.761. The van der Waals surface area contributed by atoms with E-state index in [2.05, 4.69) is 21.9 Å². The minimum atomic E-state index is -0.262. The Morgan fingerprint density at radius 1 is 1.12 bits per heavy atom. The van der Waals surface area contributed by atoms with E-state index in [4.69, 9.17) is 15.2 Å². The quantitative estimate of drug-likeness (QED) is 0.382. The van der Waals surface area contributed by atoms with Gasteiger partial charge in [-0.15, -0.1) is 0 Å². The molecule has 8 heteroatoms. The molecule has 0 unspecified atom stereocenters. The van der Waals surface area contributed by atoms with E-state index in [1.807, 2.05) is 67.2 Å². The van der Waals surface area contributed by atoms with Gasteiger partial charge in [-0.25, -0.2) is 9.97 Å². The fourth-order valence-electron chi connectivity index (χ4n) is 3.69. The molecular weight excluding hydrogens is 430 g/mol. The van der Waals surface area contributed by atoms with Crippen LogP contribution in [0.3, 0.4) is 0 Å². The maximum atomic E-state index is 11.6. The number of nitrogens with one attached hydrogen (secondary N) is 1. The highest BCUT2D eigenvalue weighted by atomic mass is 16.5. The van der Waals surface area contributed by atoms with Gasteiger partial charge in [0.05, 0.1) is 18.5 Å². The molecule has 34 heavy (non-hydrogen) atoms. The van der Waals surface area contributed by atoms with E-state index in [1.165, 1.54) is 6.08 Å². The summed E-state index contributed by atoms with van der Waals surface area (Å²) in [6, 6.07) is 15.2. The number of hydrogen-bond donors (Lipinski definition) is 2. The van der Waals surface area contributed by atoms with Crippen LogP contribution in [0.5, 0.6) is 17.5 Å². The average Bonchev–Trinajstić information content (AvgIpc) is 3.13. The van der Waals surface area contributed by atoms with Crippen molar-refractivity contribution in [2.24, 2.45) is 7.05 Å². The first-order valence-electron chi connectivity index (χ1n) is 10.5. The number of carbonyl (C=O) groups excluding carboxylic acids is 1. The van der Waals surface area contributed by atoms with Gasteiger partial charge in [0, 0.05) is 36.4 Å². The summed E-state index contributed by atoms with van der Waals surface area (Å²) in [7, 11) is 3.51. The second kappa shape index (κ2) is 9.50. The molecule has 0 aliphatic rings. The van der Waals surface area contributed by atoms with Crippen molar-refractivity contribution in [2.75, 3.05) is 18.2 Å². The van der Waals surface area contributed by atoms with Gasteiger partial charge in [-0.2, -0.15) is 0 Å². The fraction of sp³-hybridized carbons (Fsp3) is 0.115. The van der Waals surface area contributed by atoms with Crippen LogP contribution >= 0.6 is 0 Å². The molecule has 3 N–H and O–H groups in total. The molecule has 0 aliphatic heterocycles. The number of methoxy groups -OCH3 is 1. The average molecular weight is 456 g/mol. The number of rotatable bonds is 7. The smallest absolute Gasteiger partial charge is 0.322 e. The molecule has 0 saturated carbocycles. The molecule has 0 radical (unpaired) electrons. The highest BCUT2D eigenvalue weighted by molar-refractivity contribution is 5.99. The highest BCUT2D eigenvalue weighted by Crippen LogP contribution is 2.42. The van der Waals surface area contributed by atoms with Gasteiger partial charge in [0.1, 0.15) is 0 Å². The van der Waals surface area contributed by atoms with Crippen LogP contribution in [-0.4, -0.2) is 27.6 Å². The van der Waals surface area contributed by atoms with Crippen LogP contribution in [0.4, 0.5) is 11.4 Å². The first kappa shape index (κ1) is 22.6. The molecule has 4 rings (SSSR count). The summed E-state index contributed by atoms with van der Waals surface area (Å²) in [6.45, 7) is 5.34. The predicted molar refractivity (Wildman–Crippen MR) is 133 cm³/mol. The zero-order chi connectivity index (χ0) is 24.2. The molecule has 0 aliphatic carbocycles. The van der Waals surface area contributed by atoms with E-state index >= 15 is 0 Å². The lowest BCUT2D eigenvalue weighted by atomic mass is 9.99. The van der Waals surface area contributed by atoms with Crippen LogP contribution in [0, 0.1) is 6.92 Å². The summed E-state index contributed by atoms with van der Waals surface area (Å²) < 4.78 is 13.4. The summed E-state index contributed by atoms with van der Waals surface area (Å²) in [4.78, 5) is 20.0. The lowest BCUT2D eigenvalue weighted by molar-refractivity contribution is -0.111. The van der Waals surface area contributed by atoms with Gasteiger partial charge in [0.15, 0.2) is 11.5 Å². The standard InChI is InChI=1S/C26H25N5O3/c1-5-23(32)30-19-9-6-17(7-10-19)25-24(20(27)15-31(25)3)18-8-11-21(22(14-18)33-4)34-26-28-13-12-16(2)29-26/h5-15H,1,27H2,2-4H3,(H,30,32). The third-order valence-electron chi connectivity index (χ3n) is 5.25. The molecule has 8 nitrogen and oxygen atoms in total. The molecule has 0 spiro atoms. The van der Waals surface area contributed by atoms with Crippen LogP contribution in [0.1, 0.15) is 5.69 Å². The Hall–Kier alpha value is -4.59. The number of nitrogens with zero attached hydrogens (tertiary/aromatic N) is 3. The lowest BCUT2D eigenvalue weighted by Crippen LogP contribution is -2.06. The number of ether oxygens (including phenoxy) is 2. The number of hydrogen-bond acceptors (Lipinski definition) is 6. The Bertz CT molecular complexity index is 1360. The molecule has 2 aromatic heterocycles. The third-order valence-corrected chi connectivity index (χ3v) is 5.25. The summed E-state index contributed by atoms with van der Waals surface area (Å²) in [5, 5.41) is 2.75. The van der Waals surface area contributed by atoms with Gasteiger partial charge in [-0.3, -0.25) is 4.79 Å². The zero-order valence-corrected chi connectivity index (χ0v) is 19.2. The topological polar surface area (TPSA) is 104 Å². The van der Waals surface area contributed by atoms with Crippen molar-refractivity contribution >= 4 is 17.3 Å². The summed E-state index contributed by atoms with van der Waals surface area (Å²) in [6.07, 6.45) is 4.74. The molecule has 0 saturated heterocycles. The van der Waals surface area contributed by atoms with E-state index in [9.17, 15) is 4.79 Å². The monoisotopic (exact) mass is 455 g/mol. The third kappa shape index (κ3) is 4.61. The van der Waals surface area contributed by atoms with Crippen molar-refractivity contribution in [3.63, 3.8) is 0 Å². The number of nitrogens with two attached hydrogens (primary N) is 1. The summed E-state index contributed by atoms with van der Waals surface area (Å²) >= 11 is 0. The van der Waals surface area contributed by atoms with Gasteiger partial charge >= 0.3 is 6.01 Å². The number of aryl methyl sites for hydroxylation is 2. The van der Waals surface area contributed by atoms with Crippen molar-refractivity contribution in [2.45, 2.75) is 6.92 Å². The van der Waals surface area contributed by atoms with E-state index in [-0.39, 0.29) is 11.9 Å². The van der Waals surface area contributed by atoms with Gasteiger partial charge < -0.3 is 25.1 Å². The second-order valence-corrected chi connectivity index (χ2v) is 7.64. The molecule has 2 heterocycles. The van der Waals surface area contributed by atoms with E-state index < -0.39 is 0 Å². The van der Waals surface area contributed by atoms with Gasteiger partial charge in [-0.05, 0) is 54.5 Å². The van der Waals surface area contributed by atoms with Crippen LogP contribution < -0.4 is 20.5 Å². The summed E-state index contributed by atoms with van der Waals surface area (Å²) in [5.41, 5.74) is 12.1. The number of aromatic nitrogens is 3. The number of amides is 1. The Morgan fingerprint density at radius 2 is 1.85 bits per heavy atom. The Morgan fingerprint density at radius 3 is 2.53 bits per heavy atom. The number of anilines is 2. The van der Waals surface area contributed by atoms with Gasteiger partial charge in [0.25, 0.3) is 0 Å².